The number of phenolic OH excluding ortho intramolecular Hbond substituents is 1. The lowest BCUT2D eigenvalue weighted by atomic mass is 10.1. The van der Waals surface area contributed by atoms with Gasteiger partial charge in [-0.15, -0.1) is 0 Å². The van der Waals surface area contributed by atoms with Gasteiger partial charge in [-0.25, -0.2) is 0 Å². The van der Waals surface area contributed by atoms with E-state index in [1.807, 2.05) is 0 Å². The molecule has 0 radical (unpaired) electrons. The summed E-state index contributed by atoms with van der Waals surface area (Å²) in [4.78, 5) is 11.3. The van der Waals surface area contributed by atoms with E-state index in [1.165, 1.54) is 7.11 Å². The molecule has 3 N–H and O–H groups in total. The van der Waals surface area contributed by atoms with Crippen molar-refractivity contribution in [2.75, 3.05) is 7.11 Å². The van der Waals surface area contributed by atoms with Crippen molar-refractivity contribution in [2.24, 2.45) is 5.73 Å². The third-order valence-corrected chi connectivity index (χ3v) is 2.86. The molecule has 2 rings (SSSR count). The van der Waals surface area contributed by atoms with Crippen molar-refractivity contribution in [3.8, 4) is 5.75 Å². The fourth-order valence-corrected chi connectivity index (χ4v) is 1.82. The molecule has 1 aliphatic rings. The van der Waals surface area contributed by atoms with Crippen LogP contribution in [0.5, 0.6) is 5.75 Å². The van der Waals surface area contributed by atoms with E-state index in [0.717, 1.165) is 5.56 Å². The molecule has 1 fully saturated rings. The highest BCUT2D eigenvalue weighted by molar-refractivity contribution is 5.86. The number of nitrogens with two attached hydrogens (primary N) is 1. The van der Waals surface area contributed by atoms with E-state index in [1.54, 1.807) is 24.3 Å². The first-order valence-electron chi connectivity index (χ1n) is 4.74. The van der Waals surface area contributed by atoms with Crippen molar-refractivity contribution in [1.29, 1.82) is 0 Å². The number of rotatable bonds is 2. The van der Waals surface area contributed by atoms with Crippen molar-refractivity contribution >= 4 is 5.97 Å². The van der Waals surface area contributed by atoms with Gasteiger partial charge < -0.3 is 15.6 Å². The molecular formula is C11H13NO3. The summed E-state index contributed by atoms with van der Waals surface area (Å²) in [5, 5.41) is 9.12. The van der Waals surface area contributed by atoms with E-state index in [-0.39, 0.29) is 17.6 Å². The molecule has 15 heavy (non-hydrogen) atoms. The first kappa shape index (κ1) is 9.98. The Kier molecular flexibility index (Phi) is 2.16. The molecule has 80 valence electrons. The first-order valence-corrected chi connectivity index (χ1v) is 4.74. The molecule has 1 saturated carbocycles. The topological polar surface area (TPSA) is 72.5 Å². The number of phenols is 1. The van der Waals surface area contributed by atoms with Crippen LogP contribution in [-0.2, 0) is 9.53 Å². The second-order valence-corrected chi connectivity index (χ2v) is 3.88. The summed E-state index contributed by atoms with van der Waals surface area (Å²) in [5.41, 5.74) is 5.97. The largest absolute Gasteiger partial charge is 0.508 e. The van der Waals surface area contributed by atoms with Gasteiger partial charge in [-0.3, -0.25) is 4.79 Å². The molecule has 0 heterocycles. The van der Waals surface area contributed by atoms with E-state index in [0.29, 0.717) is 6.42 Å². The summed E-state index contributed by atoms with van der Waals surface area (Å²) in [5.74, 6) is -0.161. The van der Waals surface area contributed by atoms with Crippen LogP contribution in [-0.4, -0.2) is 23.7 Å². The van der Waals surface area contributed by atoms with Gasteiger partial charge in [-0.1, -0.05) is 12.1 Å². The number of carbonyl (C=O) groups is 1. The molecule has 0 aliphatic heterocycles. The van der Waals surface area contributed by atoms with Gasteiger partial charge in [0.25, 0.3) is 0 Å². The highest BCUT2D eigenvalue weighted by Crippen LogP contribution is 2.50. The van der Waals surface area contributed by atoms with Crippen LogP contribution >= 0.6 is 0 Å². The van der Waals surface area contributed by atoms with Crippen LogP contribution < -0.4 is 5.73 Å². The molecule has 4 nitrogen and oxygen atoms in total. The maximum atomic E-state index is 11.3. The highest BCUT2D eigenvalue weighted by Gasteiger charge is 2.58. The molecule has 2 atom stereocenters. The normalized spacial score (nSPS) is 28.5. The Hall–Kier alpha value is -1.55. The smallest absolute Gasteiger partial charge is 0.326 e. The van der Waals surface area contributed by atoms with Gasteiger partial charge in [-0.05, 0) is 24.1 Å². The Bertz CT molecular complexity index is 387. The number of hydrogen-bond acceptors (Lipinski definition) is 4. The SMILES string of the molecule is COC(=O)C1(N)CC1c1ccc(O)cc1. The molecule has 0 aromatic heterocycles. The van der Waals surface area contributed by atoms with Crippen molar-refractivity contribution in [1.82, 2.24) is 0 Å². The quantitative estimate of drug-likeness (QED) is 0.702. The van der Waals surface area contributed by atoms with Crippen molar-refractivity contribution < 1.29 is 14.6 Å². The van der Waals surface area contributed by atoms with Crippen LogP contribution in [0.25, 0.3) is 0 Å². The predicted molar refractivity (Wildman–Crippen MR) is 54.4 cm³/mol. The van der Waals surface area contributed by atoms with Crippen LogP contribution in [0.4, 0.5) is 0 Å². The van der Waals surface area contributed by atoms with Crippen LogP contribution in [0.3, 0.4) is 0 Å². The monoisotopic (exact) mass is 207 g/mol. The third-order valence-electron chi connectivity index (χ3n) is 2.86. The first-order chi connectivity index (χ1) is 7.08. The Labute approximate surface area is 87.7 Å². The molecule has 4 heteroatoms. The lowest BCUT2D eigenvalue weighted by Crippen LogP contribution is -2.35. The average Bonchev–Trinajstić information content (AvgIpc) is 2.92. The fourth-order valence-electron chi connectivity index (χ4n) is 1.82. The predicted octanol–water partition coefficient (Wildman–Crippen LogP) is 0.750. The van der Waals surface area contributed by atoms with Gasteiger partial charge in [0.1, 0.15) is 11.3 Å². The highest BCUT2D eigenvalue weighted by atomic mass is 16.5. The molecular weight excluding hydrogens is 194 g/mol. The zero-order chi connectivity index (χ0) is 11.1. The van der Waals surface area contributed by atoms with Gasteiger partial charge in [0.05, 0.1) is 7.11 Å². The van der Waals surface area contributed by atoms with Crippen molar-refractivity contribution in [3.05, 3.63) is 29.8 Å². The van der Waals surface area contributed by atoms with Gasteiger partial charge in [0, 0.05) is 5.92 Å². The van der Waals surface area contributed by atoms with Gasteiger partial charge >= 0.3 is 5.97 Å². The molecule has 0 spiro atoms. The second-order valence-electron chi connectivity index (χ2n) is 3.88. The summed E-state index contributed by atoms with van der Waals surface area (Å²) in [6, 6.07) is 6.73. The Balaban J connectivity index is 2.16. The van der Waals surface area contributed by atoms with Crippen LogP contribution in [0.1, 0.15) is 17.9 Å². The van der Waals surface area contributed by atoms with E-state index in [4.69, 9.17) is 10.8 Å². The number of aromatic hydroxyl groups is 1. The maximum Gasteiger partial charge on any atom is 0.326 e. The summed E-state index contributed by atoms with van der Waals surface area (Å²) >= 11 is 0. The zero-order valence-corrected chi connectivity index (χ0v) is 8.43. The standard InChI is InChI=1S/C11H13NO3/c1-15-10(14)11(12)6-9(11)7-2-4-8(13)5-3-7/h2-5,9,13H,6,12H2,1H3. The number of methoxy groups -OCH3 is 1. The minimum Gasteiger partial charge on any atom is -0.508 e. The lowest BCUT2D eigenvalue weighted by Gasteiger charge is -2.08. The number of esters is 1. The Morgan fingerprint density at radius 3 is 2.67 bits per heavy atom. The summed E-state index contributed by atoms with van der Waals surface area (Å²) in [6.45, 7) is 0. The van der Waals surface area contributed by atoms with Crippen molar-refractivity contribution in [3.63, 3.8) is 0 Å². The molecule has 0 bridgehead atoms. The van der Waals surface area contributed by atoms with E-state index < -0.39 is 5.54 Å². The Morgan fingerprint density at radius 1 is 1.53 bits per heavy atom. The number of ether oxygens (including phenoxy) is 1. The number of carbonyl (C=O) groups excluding carboxylic acids is 1. The zero-order valence-electron chi connectivity index (χ0n) is 8.43. The van der Waals surface area contributed by atoms with Gasteiger partial charge in [-0.2, -0.15) is 0 Å². The van der Waals surface area contributed by atoms with Gasteiger partial charge in [0.2, 0.25) is 0 Å². The molecule has 0 amide bonds. The van der Waals surface area contributed by atoms with Crippen molar-refractivity contribution in [2.45, 2.75) is 17.9 Å². The minimum atomic E-state index is -0.869. The summed E-state index contributed by atoms with van der Waals surface area (Å²) in [7, 11) is 1.34. The molecule has 1 aromatic rings. The minimum absolute atomic E-state index is 0.00514. The van der Waals surface area contributed by atoms with E-state index in [9.17, 15) is 4.79 Å². The van der Waals surface area contributed by atoms with Crippen LogP contribution in [0.2, 0.25) is 0 Å². The Morgan fingerprint density at radius 2 is 2.13 bits per heavy atom. The lowest BCUT2D eigenvalue weighted by molar-refractivity contribution is -0.143. The molecule has 1 aromatic carbocycles. The van der Waals surface area contributed by atoms with E-state index >= 15 is 0 Å². The van der Waals surface area contributed by atoms with E-state index in [2.05, 4.69) is 4.74 Å². The average molecular weight is 207 g/mol. The summed E-state index contributed by atoms with van der Waals surface area (Å²) in [6.07, 6.45) is 0.602. The molecule has 2 unspecified atom stereocenters. The summed E-state index contributed by atoms with van der Waals surface area (Å²) < 4.78 is 4.64. The maximum absolute atomic E-state index is 11.3. The second kappa shape index (κ2) is 3.24. The van der Waals surface area contributed by atoms with Crippen LogP contribution in [0.15, 0.2) is 24.3 Å². The third kappa shape index (κ3) is 1.57. The molecule has 1 aliphatic carbocycles. The van der Waals surface area contributed by atoms with Gasteiger partial charge in [0.15, 0.2) is 0 Å². The fraction of sp³-hybridized carbons (Fsp3) is 0.364. The number of benzene rings is 1. The number of hydrogen-bond donors (Lipinski definition) is 2. The van der Waals surface area contributed by atoms with Crippen LogP contribution in [0, 0.1) is 0 Å². The molecule has 0 saturated heterocycles.